The Morgan fingerprint density at radius 2 is 2.24 bits per heavy atom. The van der Waals surface area contributed by atoms with Gasteiger partial charge in [0.1, 0.15) is 17.8 Å². The van der Waals surface area contributed by atoms with Crippen molar-refractivity contribution in [3.63, 3.8) is 0 Å². The highest BCUT2D eigenvalue weighted by Gasteiger charge is 2.32. The summed E-state index contributed by atoms with van der Waals surface area (Å²) in [5.74, 6) is 0.729. The molecule has 1 amide bonds. The Morgan fingerprint density at radius 1 is 1.38 bits per heavy atom. The summed E-state index contributed by atoms with van der Waals surface area (Å²) in [6.45, 7) is 9.62. The first kappa shape index (κ1) is 18.2. The van der Waals surface area contributed by atoms with E-state index in [1.165, 1.54) is 11.1 Å². The second-order valence-corrected chi connectivity index (χ2v) is 8.01. The molecule has 0 N–H and O–H groups in total. The average Bonchev–Trinajstić information content (AvgIpc) is 3.39. The van der Waals surface area contributed by atoms with E-state index in [-0.39, 0.29) is 18.0 Å². The number of piperazine rings is 1. The number of nitrogens with zero attached hydrogens (tertiary/aromatic N) is 5. The van der Waals surface area contributed by atoms with Gasteiger partial charge in [-0.2, -0.15) is 5.10 Å². The number of amides is 1. The molecular formula is C21H25N5O3. The Hall–Kier alpha value is -2.87. The maximum atomic E-state index is 13.2. The van der Waals surface area contributed by atoms with E-state index in [9.17, 15) is 9.59 Å². The molecule has 2 aliphatic heterocycles. The largest absolute Gasteiger partial charge is 0.459 e. The maximum Gasteiger partial charge on any atom is 0.291 e. The molecule has 5 rings (SSSR count). The topological polar surface area (TPSA) is 76.5 Å². The van der Waals surface area contributed by atoms with Crippen molar-refractivity contribution in [3.05, 3.63) is 41.0 Å². The minimum atomic E-state index is -0.277. The number of aryl methyl sites for hydroxylation is 1. The van der Waals surface area contributed by atoms with Crippen LogP contribution in [0.1, 0.15) is 18.6 Å². The molecule has 0 bridgehead atoms. The summed E-state index contributed by atoms with van der Waals surface area (Å²) in [5, 5.41) is 4.96. The standard InChI is InChI=1S/C21H25N5O3/c1-3-6-25-17-10-14(2)29-20(17)16-11-22-26(21(28)19(16)25)13-18(27)24-9-8-23-7-4-5-15(23)12-24/h3,10-11,15H,1,4-9,12-13H2,2H3/t15-/m1/s1. The number of hydrogen-bond donors (Lipinski definition) is 0. The summed E-state index contributed by atoms with van der Waals surface area (Å²) in [6.07, 6.45) is 5.72. The van der Waals surface area contributed by atoms with Crippen molar-refractivity contribution in [2.45, 2.75) is 38.9 Å². The number of rotatable bonds is 4. The smallest absolute Gasteiger partial charge is 0.291 e. The molecule has 0 unspecified atom stereocenters. The van der Waals surface area contributed by atoms with Gasteiger partial charge in [-0.05, 0) is 26.3 Å². The Morgan fingerprint density at radius 3 is 3.07 bits per heavy atom. The van der Waals surface area contributed by atoms with Gasteiger partial charge in [0, 0.05) is 38.3 Å². The fourth-order valence-electron chi connectivity index (χ4n) is 4.80. The van der Waals surface area contributed by atoms with Crippen molar-refractivity contribution >= 4 is 27.9 Å². The normalized spacial score (nSPS) is 19.9. The molecule has 2 aliphatic rings. The van der Waals surface area contributed by atoms with Crippen LogP contribution in [0, 0.1) is 6.92 Å². The lowest BCUT2D eigenvalue weighted by molar-refractivity contribution is -0.134. The molecule has 0 saturated carbocycles. The first-order valence-corrected chi connectivity index (χ1v) is 10.2. The fraction of sp³-hybridized carbons (Fsp3) is 0.476. The lowest BCUT2D eigenvalue weighted by Crippen LogP contribution is -2.53. The van der Waals surface area contributed by atoms with E-state index in [4.69, 9.17) is 4.42 Å². The minimum absolute atomic E-state index is 0.0405. The fourth-order valence-corrected chi connectivity index (χ4v) is 4.80. The molecular weight excluding hydrogens is 370 g/mol. The van der Waals surface area contributed by atoms with Crippen LogP contribution in [0.4, 0.5) is 0 Å². The summed E-state index contributed by atoms with van der Waals surface area (Å²) in [6, 6.07) is 2.37. The van der Waals surface area contributed by atoms with Gasteiger partial charge in [-0.1, -0.05) is 6.08 Å². The third-order valence-electron chi connectivity index (χ3n) is 6.20. The van der Waals surface area contributed by atoms with Gasteiger partial charge < -0.3 is 13.9 Å². The van der Waals surface area contributed by atoms with Crippen LogP contribution < -0.4 is 5.56 Å². The van der Waals surface area contributed by atoms with E-state index < -0.39 is 0 Å². The summed E-state index contributed by atoms with van der Waals surface area (Å²) in [5.41, 5.74) is 1.72. The van der Waals surface area contributed by atoms with Gasteiger partial charge in [0.15, 0.2) is 5.58 Å². The monoisotopic (exact) mass is 395 g/mol. The molecule has 2 fully saturated rings. The lowest BCUT2D eigenvalue weighted by atomic mass is 10.1. The number of carbonyl (C=O) groups excluding carboxylic acids is 1. The summed E-state index contributed by atoms with van der Waals surface area (Å²) >= 11 is 0. The molecule has 8 nitrogen and oxygen atoms in total. The van der Waals surface area contributed by atoms with Crippen LogP contribution in [0.15, 0.2) is 34.1 Å². The molecule has 29 heavy (non-hydrogen) atoms. The number of allylic oxidation sites excluding steroid dienone is 1. The highest BCUT2D eigenvalue weighted by molar-refractivity contribution is 6.04. The van der Waals surface area contributed by atoms with E-state index in [2.05, 4.69) is 16.6 Å². The van der Waals surface area contributed by atoms with Crippen LogP contribution in [0.2, 0.25) is 0 Å². The third kappa shape index (κ3) is 2.90. The van der Waals surface area contributed by atoms with Crippen LogP contribution in [0.3, 0.4) is 0 Å². The van der Waals surface area contributed by atoms with Gasteiger partial charge in [0.2, 0.25) is 5.91 Å². The zero-order chi connectivity index (χ0) is 20.1. The van der Waals surface area contributed by atoms with E-state index in [1.807, 2.05) is 22.5 Å². The molecule has 3 aromatic heterocycles. The van der Waals surface area contributed by atoms with E-state index in [1.54, 1.807) is 12.3 Å². The second kappa shape index (κ2) is 6.88. The molecule has 0 spiro atoms. The van der Waals surface area contributed by atoms with Gasteiger partial charge in [-0.15, -0.1) is 6.58 Å². The van der Waals surface area contributed by atoms with Crippen LogP contribution in [0.25, 0.3) is 22.0 Å². The SMILES string of the molecule is C=CCn1c2cc(C)oc2c2cnn(CC(=O)N3CCN4CCC[C@@H]4C3)c(=O)c21. The maximum absolute atomic E-state index is 13.2. The first-order chi connectivity index (χ1) is 14.1. The lowest BCUT2D eigenvalue weighted by Gasteiger charge is -2.37. The summed E-state index contributed by atoms with van der Waals surface area (Å²) in [7, 11) is 0. The Bertz CT molecular complexity index is 1170. The molecule has 3 aromatic rings. The zero-order valence-corrected chi connectivity index (χ0v) is 16.6. The number of furan rings is 1. The van der Waals surface area contributed by atoms with Gasteiger partial charge in [0.05, 0.1) is 17.1 Å². The number of fused-ring (bicyclic) bond motifs is 4. The molecule has 2 saturated heterocycles. The Kier molecular flexibility index (Phi) is 4.31. The van der Waals surface area contributed by atoms with Crippen LogP contribution in [-0.4, -0.2) is 62.3 Å². The van der Waals surface area contributed by atoms with E-state index in [0.29, 0.717) is 35.6 Å². The van der Waals surface area contributed by atoms with Crippen LogP contribution >= 0.6 is 0 Å². The summed E-state index contributed by atoms with van der Waals surface area (Å²) < 4.78 is 8.96. The first-order valence-electron chi connectivity index (χ1n) is 10.2. The van der Waals surface area contributed by atoms with Crippen molar-refractivity contribution in [1.29, 1.82) is 0 Å². The predicted octanol–water partition coefficient (Wildman–Crippen LogP) is 1.75. The Balaban J connectivity index is 1.48. The van der Waals surface area contributed by atoms with Crippen molar-refractivity contribution in [1.82, 2.24) is 24.1 Å². The van der Waals surface area contributed by atoms with Crippen molar-refractivity contribution < 1.29 is 9.21 Å². The average molecular weight is 395 g/mol. The molecule has 0 radical (unpaired) electrons. The number of carbonyl (C=O) groups is 1. The van der Waals surface area contributed by atoms with Crippen LogP contribution in [-0.2, 0) is 17.9 Å². The van der Waals surface area contributed by atoms with Gasteiger partial charge in [-0.25, -0.2) is 4.68 Å². The predicted molar refractivity (Wildman–Crippen MR) is 110 cm³/mol. The molecule has 152 valence electrons. The van der Waals surface area contributed by atoms with Gasteiger partial charge in [-0.3, -0.25) is 14.5 Å². The molecule has 1 atom stereocenters. The Labute approximate surface area is 168 Å². The van der Waals surface area contributed by atoms with Gasteiger partial charge >= 0.3 is 0 Å². The minimum Gasteiger partial charge on any atom is -0.459 e. The van der Waals surface area contributed by atoms with Crippen molar-refractivity contribution in [2.75, 3.05) is 26.2 Å². The quantitative estimate of drug-likeness (QED) is 0.629. The highest BCUT2D eigenvalue weighted by atomic mass is 16.3. The third-order valence-corrected chi connectivity index (χ3v) is 6.20. The van der Waals surface area contributed by atoms with Crippen molar-refractivity contribution in [2.24, 2.45) is 0 Å². The summed E-state index contributed by atoms with van der Waals surface area (Å²) in [4.78, 5) is 30.4. The molecule has 8 heteroatoms. The highest BCUT2D eigenvalue weighted by Crippen LogP contribution is 2.29. The van der Waals surface area contributed by atoms with Crippen LogP contribution in [0.5, 0.6) is 0 Å². The van der Waals surface area contributed by atoms with E-state index >= 15 is 0 Å². The van der Waals surface area contributed by atoms with Gasteiger partial charge in [0.25, 0.3) is 5.56 Å². The van der Waals surface area contributed by atoms with Crippen molar-refractivity contribution in [3.8, 4) is 0 Å². The molecule has 0 aliphatic carbocycles. The second-order valence-electron chi connectivity index (χ2n) is 8.01. The number of aromatic nitrogens is 3. The molecule has 0 aromatic carbocycles. The molecule has 5 heterocycles. The number of hydrogen-bond acceptors (Lipinski definition) is 5. The zero-order valence-electron chi connectivity index (χ0n) is 16.6. The van der Waals surface area contributed by atoms with E-state index in [0.717, 1.165) is 37.3 Å².